The predicted octanol–water partition coefficient (Wildman–Crippen LogP) is 19.3. The largest absolute Gasteiger partial charge is 0.413 e. The topological polar surface area (TPSA) is 103 Å². The van der Waals surface area contributed by atoms with Crippen LogP contribution in [0, 0.1) is 29.6 Å². The molecule has 1 aliphatic carbocycles. The Labute approximate surface area is 513 Å². The van der Waals surface area contributed by atoms with E-state index in [4.69, 9.17) is 41.4 Å². The summed E-state index contributed by atoms with van der Waals surface area (Å²) in [6.45, 7) is 67.3. The van der Waals surface area contributed by atoms with Gasteiger partial charge in [0.05, 0.1) is 48.8 Å². The van der Waals surface area contributed by atoms with Gasteiger partial charge in [-0.05, 0) is 152 Å². The molecule has 0 aromatic rings. The van der Waals surface area contributed by atoms with Crippen LogP contribution in [-0.2, 0) is 41.4 Å². The maximum absolute atomic E-state index is 12.9. The molecule has 10 nitrogen and oxygen atoms in total. The number of rotatable bonds is 38. The van der Waals surface area contributed by atoms with Crippen molar-refractivity contribution in [2.75, 3.05) is 35.5 Å². The normalized spacial score (nSPS) is 21.9. The van der Waals surface area contributed by atoms with E-state index < -0.39 is 39.4 Å². The van der Waals surface area contributed by atoms with Gasteiger partial charge < -0.3 is 46.5 Å². The first-order chi connectivity index (χ1) is 37.6. The van der Waals surface area contributed by atoms with Crippen molar-refractivity contribution in [2.24, 2.45) is 29.6 Å². The molecule has 486 valence electrons. The van der Waals surface area contributed by atoms with Crippen molar-refractivity contribution in [1.29, 1.82) is 0 Å². The molecule has 1 rings (SSSR count). The van der Waals surface area contributed by atoms with Crippen molar-refractivity contribution < 1.29 is 46.5 Å². The Morgan fingerprint density at radius 2 is 1.04 bits per heavy atom. The third kappa shape index (κ3) is 21.4. The van der Waals surface area contributed by atoms with E-state index in [-0.39, 0.29) is 88.7 Å². The van der Waals surface area contributed by atoms with E-state index in [0.29, 0.717) is 46.1 Å². The highest BCUT2D eigenvalue weighted by atomic mass is 28.4. The molecule has 82 heavy (non-hydrogen) atoms. The van der Waals surface area contributed by atoms with Gasteiger partial charge in [-0.2, -0.15) is 0 Å². The van der Waals surface area contributed by atoms with Crippen LogP contribution in [0.1, 0.15) is 211 Å². The average Bonchev–Trinajstić information content (AvgIpc) is 3.35. The number of methoxy groups -OCH3 is 5. The van der Waals surface area contributed by atoms with Gasteiger partial charge in [0.25, 0.3) is 0 Å². The highest BCUT2D eigenvalue weighted by Gasteiger charge is 2.51. The maximum Gasteiger partial charge on any atom is 0.200 e. The fraction of sp³-hybridized carbons (Fsp3) is 0.912. The minimum atomic E-state index is -2.48. The van der Waals surface area contributed by atoms with Gasteiger partial charge in [-0.1, -0.05) is 169 Å². The summed E-state index contributed by atoms with van der Waals surface area (Å²) in [4.78, 5) is 0. The number of allylic oxidation sites excluding steroid dienone is 3. The summed E-state index contributed by atoms with van der Waals surface area (Å²) in [7, 11) is -0.347. The number of hydrogen-bond acceptors (Lipinski definition) is 10. The molecule has 1 aliphatic rings. The number of aliphatic hydroxyl groups is 1. The van der Waals surface area contributed by atoms with Gasteiger partial charge in [0.15, 0.2) is 22.9 Å². The van der Waals surface area contributed by atoms with Gasteiger partial charge in [-0.25, -0.2) is 0 Å². The zero-order valence-corrected chi connectivity index (χ0v) is 63.8. The third-order valence-corrected chi connectivity index (χ3v) is 42.0. The lowest BCUT2D eigenvalue weighted by Gasteiger charge is -2.48. The van der Waals surface area contributed by atoms with E-state index in [2.05, 4.69) is 210 Å². The van der Waals surface area contributed by atoms with Gasteiger partial charge in [-0.3, -0.25) is 0 Å². The molecule has 0 unspecified atom stereocenters. The molecular weight excluding hydrogens is 1090 g/mol. The zero-order valence-electron chi connectivity index (χ0n) is 59.8. The van der Waals surface area contributed by atoms with Crippen molar-refractivity contribution in [1.82, 2.24) is 0 Å². The molecule has 0 aromatic heterocycles. The zero-order chi connectivity index (χ0) is 63.8. The van der Waals surface area contributed by atoms with Gasteiger partial charge >= 0.3 is 0 Å². The Bertz CT molecular complexity index is 1820. The molecule has 1 saturated carbocycles. The molecule has 13 atom stereocenters. The molecule has 0 amide bonds. The van der Waals surface area contributed by atoms with E-state index >= 15 is 0 Å². The second-order valence-electron chi connectivity index (χ2n) is 30.9. The molecule has 0 heterocycles. The lowest BCUT2D eigenvalue weighted by molar-refractivity contribution is -0.152. The molecule has 0 aromatic carbocycles. The lowest BCUT2D eigenvalue weighted by Crippen LogP contribution is -2.54. The minimum Gasteiger partial charge on any atom is -0.413 e. The van der Waals surface area contributed by atoms with E-state index in [1.807, 2.05) is 14.2 Å². The number of aliphatic hydroxyl groups excluding tert-OH is 1. The lowest BCUT2D eigenvalue weighted by atomic mass is 9.81. The van der Waals surface area contributed by atoms with Gasteiger partial charge in [0, 0.05) is 53.3 Å². The third-order valence-electron chi connectivity index (χ3n) is 20.8. The standard InChI is InChI=1S/C68H138O10Si4/c1-34-35-57(39-51(14)38-52(15)40-62(71-26)65(78-80(32,33)68(22,23)24)63(72-27)42-54(17)66(73-28)74-29)60(75-79(30,31)67(19,20)21)44-59(77-82(48(8)9,49(10)11)50(12)13)55(18)64(69)53(16)41-56-36-37-58(61(43-56)70-25)76-81(45(2)3,46(4)5)47(6)7/h34,39,41,45-50,52,54-66,69H,1,35-38,40,42-44H2,2-33H3/b51-39+,53-41+/t52-,54+,55+,56-,57+,58+,59-,60+,61+,62-,63-,64+,65+/m0/s1. The molecular formula is C68H138O10Si4. The Kier molecular flexibility index (Phi) is 33.6. The summed E-state index contributed by atoms with van der Waals surface area (Å²) in [5, 5.41) is 12.8. The van der Waals surface area contributed by atoms with Crippen molar-refractivity contribution in [3.05, 3.63) is 36.0 Å². The van der Waals surface area contributed by atoms with Crippen LogP contribution in [0.3, 0.4) is 0 Å². The van der Waals surface area contributed by atoms with E-state index in [1.165, 1.54) is 5.57 Å². The van der Waals surface area contributed by atoms with Crippen molar-refractivity contribution in [2.45, 2.75) is 335 Å². The first kappa shape index (κ1) is 79.7. The summed E-state index contributed by atoms with van der Waals surface area (Å²) < 4.78 is 61.1. The second kappa shape index (κ2) is 34.6. The van der Waals surface area contributed by atoms with Crippen LogP contribution in [0.15, 0.2) is 36.0 Å². The highest BCUT2D eigenvalue weighted by molar-refractivity contribution is 6.78. The summed E-state index contributed by atoms with van der Waals surface area (Å²) in [5.41, 5.74) is 4.97. The quantitative estimate of drug-likeness (QED) is 0.0365. The number of hydrogen-bond donors (Lipinski definition) is 1. The first-order valence-electron chi connectivity index (χ1n) is 32.6. The van der Waals surface area contributed by atoms with Gasteiger partial charge in [0.2, 0.25) is 16.6 Å². The summed E-state index contributed by atoms with van der Waals surface area (Å²) in [6.07, 6.45) is 11.5. The Morgan fingerprint density at radius 1 is 0.573 bits per heavy atom. The Hall–Kier alpha value is -0.312. The average molecular weight is 1230 g/mol. The van der Waals surface area contributed by atoms with E-state index in [1.54, 1.807) is 21.3 Å². The molecule has 0 aliphatic heterocycles. The van der Waals surface area contributed by atoms with Crippen molar-refractivity contribution in [3.8, 4) is 0 Å². The predicted molar refractivity (Wildman–Crippen MR) is 361 cm³/mol. The van der Waals surface area contributed by atoms with Crippen LogP contribution in [0.4, 0.5) is 0 Å². The summed E-state index contributed by atoms with van der Waals surface area (Å²) >= 11 is 0. The molecule has 1 N–H and O–H groups in total. The highest BCUT2D eigenvalue weighted by Crippen LogP contribution is 2.49. The van der Waals surface area contributed by atoms with Gasteiger partial charge in [-0.15, -0.1) is 6.58 Å². The maximum atomic E-state index is 12.9. The van der Waals surface area contributed by atoms with Crippen LogP contribution in [0.5, 0.6) is 0 Å². The van der Waals surface area contributed by atoms with Crippen LogP contribution in [0.2, 0.25) is 69.5 Å². The Balaban J connectivity index is 4.02. The SMILES string of the molecule is C=CC[C@H](/C=C(\C)C[C@H](C)C[C@H](OC)[C@@H](O[Si](C)(C)C(C)(C)C)[C@H](C[C@@H](C)C(OC)OC)OC)[C@@H](C[C@H](O[Si](C(C)C)(C(C)C)C(C)C)[C@@H](C)[C@H](O)/C(C)=C/[C@@H]1CC[C@@H](O[Si](C(C)C)(C(C)C)C(C)C)[C@H](OC)C1)O[Si](C)(C)C(C)(C)C. The monoisotopic (exact) mass is 1230 g/mol. The van der Waals surface area contributed by atoms with Crippen LogP contribution in [0.25, 0.3) is 0 Å². The van der Waals surface area contributed by atoms with Crippen molar-refractivity contribution in [3.63, 3.8) is 0 Å². The molecule has 14 heteroatoms. The molecule has 1 fully saturated rings. The molecule has 0 radical (unpaired) electrons. The van der Waals surface area contributed by atoms with E-state index in [9.17, 15) is 5.11 Å². The van der Waals surface area contributed by atoms with Crippen LogP contribution in [-0.4, -0.2) is 129 Å². The molecule has 0 saturated heterocycles. The van der Waals surface area contributed by atoms with Crippen LogP contribution >= 0.6 is 0 Å². The number of ether oxygens (including phenoxy) is 5. The van der Waals surface area contributed by atoms with Crippen LogP contribution < -0.4 is 0 Å². The summed E-state index contributed by atoms with van der Waals surface area (Å²) in [5.74, 6) is 0.448. The van der Waals surface area contributed by atoms with E-state index in [0.717, 1.165) is 44.1 Å². The molecule has 0 spiro atoms. The summed E-state index contributed by atoms with van der Waals surface area (Å²) in [6, 6.07) is 0. The Morgan fingerprint density at radius 3 is 1.45 bits per heavy atom. The minimum absolute atomic E-state index is 0.00615. The first-order valence-corrected chi connectivity index (χ1v) is 42.7. The second-order valence-corrected chi connectivity index (χ2v) is 51.2. The smallest absolute Gasteiger partial charge is 0.200 e. The molecule has 0 bridgehead atoms. The van der Waals surface area contributed by atoms with Gasteiger partial charge in [0.1, 0.15) is 0 Å². The van der Waals surface area contributed by atoms with Crippen molar-refractivity contribution >= 4 is 33.3 Å². The fourth-order valence-corrected chi connectivity index (χ4v) is 28.2. The fourth-order valence-electron chi connectivity index (χ4n) is 14.2.